The van der Waals surface area contributed by atoms with Crippen LogP contribution in [0.2, 0.25) is 0 Å². The van der Waals surface area contributed by atoms with Gasteiger partial charge < -0.3 is 14.6 Å². The molecule has 1 fully saturated rings. The van der Waals surface area contributed by atoms with E-state index >= 15 is 0 Å². The summed E-state index contributed by atoms with van der Waals surface area (Å²) in [6, 6.07) is 0. The van der Waals surface area contributed by atoms with E-state index in [0.717, 1.165) is 25.7 Å². The first kappa shape index (κ1) is 13.2. The van der Waals surface area contributed by atoms with Crippen LogP contribution in [0, 0.1) is 0 Å². The van der Waals surface area contributed by atoms with E-state index < -0.39 is 5.97 Å². The molecule has 0 amide bonds. The van der Waals surface area contributed by atoms with Gasteiger partial charge in [-0.3, -0.25) is 4.79 Å². The Kier molecular flexibility index (Phi) is 6.11. The van der Waals surface area contributed by atoms with Gasteiger partial charge in [0.2, 0.25) is 0 Å². The number of rotatable bonds is 7. The lowest BCUT2D eigenvalue weighted by atomic mass is 10.1. The maximum absolute atomic E-state index is 10.7. The molecule has 92 valence electrons. The first-order valence-corrected chi connectivity index (χ1v) is 5.82. The minimum atomic E-state index is -0.829. The topological polar surface area (TPSA) is 55.8 Å². The largest absolute Gasteiger partial charge is 0.481 e. The summed E-state index contributed by atoms with van der Waals surface area (Å²) in [6.07, 6.45) is 5.81. The van der Waals surface area contributed by atoms with Crippen LogP contribution in [0.1, 0.15) is 38.5 Å². The second kappa shape index (κ2) is 7.41. The molecule has 0 bridgehead atoms. The highest BCUT2D eigenvalue weighted by molar-refractivity contribution is 5.67. The number of hydrogen-bond donors (Lipinski definition) is 1. The van der Waals surface area contributed by atoms with Crippen LogP contribution in [0.3, 0.4) is 0 Å². The van der Waals surface area contributed by atoms with Crippen molar-refractivity contribution in [1.29, 1.82) is 0 Å². The quantitative estimate of drug-likeness (QED) is 0.679. The van der Waals surface area contributed by atoms with Crippen LogP contribution >= 0.6 is 0 Å². The van der Waals surface area contributed by atoms with Gasteiger partial charge in [0.1, 0.15) is 0 Å². The summed E-state index contributed by atoms with van der Waals surface area (Å²) in [6.45, 7) is 4.34. The van der Waals surface area contributed by atoms with E-state index in [2.05, 4.69) is 6.58 Å². The first-order chi connectivity index (χ1) is 7.72. The molecule has 0 spiro atoms. The van der Waals surface area contributed by atoms with E-state index in [1.54, 1.807) is 6.08 Å². The molecule has 0 aliphatic carbocycles. The van der Waals surface area contributed by atoms with Gasteiger partial charge in [-0.1, -0.05) is 6.08 Å². The fourth-order valence-corrected chi connectivity index (χ4v) is 1.75. The van der Waals surface area contributed by atoms with Crippen molar-refractivity contribution in [3.8, 4) is 0 Å². The molecule has 1 aliphatic heterocycles. The molecular weight excluding hydrogens is 208 g/mol. The molecule has 0 aromatic heterocycles. The molecule has 1 N–H and O–H groups in total. The van der Waals surface area contributed by atoms with Gasteiger partial charge in [-0.15, -0.1) is 6.58 Å². The van der Waals surface area contributed by atoms with E-state index in [1.807, 2.05) is 0 Å². The molecule has 0 radical (unpaired) electrons. The maximum Gasteiger partial charge on any atom is 0.305 e. The number of aliphatic carboxylic acids is 1. The average Bonchev–Trinajstić information content (AvgIpc) is 2.26. The Balaban J connectivity index is 2.34. The van der Waals surface area contributed by atoms with Crippen LogP contribution in [-0.2, 0) is 14.3 Å². The van der Waals surface area contributed by atoms with E-state index in [-0.39, 0.29) is 18.8 Å². The van der Waals surface area contributed by atoms with Crippen molar-refractivity contribution in [3.63, 3.8) is 0 Å². The molecule has 4 nitrogen and oxygen atoms in total. The fraction of sp³-hybridized carbons (Fsp3) is 0.750. The van der Waals surface area contributed by atoms with Gasteiger partial charge in [0, 0.05) is 6.61 Å². The predicted octanol–water partition coefficient (Wildman–Crippen LogP) is 2.34. The number of carbonyl (C=O) groups is 1. The van der Waals surface area contributed by atoms with Crippen molar-refractivity contribution < 1.29 is 19.4 Å². The molecule has 1 saturated heterocycles. The molecule has 4 heteroatoms. The number of carboxylic acids is 1. The van der Waals surface area contributed by atoms with Gasteiger partial charge in [0.05, 0.1) is 12.5 Å². The molecule has 1 unspecified atom stereocenters. The molecular formula is C12H20O4. The summed E-state index contributed by atoms with van der Waals surface area (Å²) in [4.78, 5) is 10.7. The van der Waals surface area contributed by atoms with Gasteiger partial charge in [0.15, 0.2) is 6.29 Å². The highest BCUT2D eigenvalue weighted by Crippen LogP contribution is 2.18. The van der Waals surface area contributed by atoms with Crippen LogP contribution < -0.4 is 0 Å². The fourth-order valence-electron chi connectivity index (χ4n) is 1.75. The van der Waals surface area contributed by atoms with E-state index in [0.29, 0.717) is 13.0 Å². The van der Waals surface area contributed by atoms with Gasteiger partial charge in [-0.25, -0.2) is 0 Å². The standard InChI is InChI=1S/C12H20O4/c1-2-3-6-10(9-11(13)14)16-12-7-4-5-8-15-12/h2,10,12H,1,3-9H2,(H,13,14)/t10-,12?/m1/s1. The van der Waals surface area contributed by atoms with E-state index in [4.69, 9.17) is 14.6 Å². The summed E-state index contributed by atoms with van der Waals surface area (Å²) in [7, 11) is 0. The van der Waals surface area contributed by atoms with Crippen LogP contribution in [0.25, 0.3) is 0 Å². The number of ether oxygens (including phenoxy) is 2. The molecule has 0 saturated carbocycles. The highest BCUT2D eigenvalue weighted by atomic mass is 16.7. The van der Waals surface area contributed by atoms with Gasteiger partial charge in [0.25, 0.3) is 0 Å². The SMILES string of the molecule is C=CCC[C@H](CC(=O)O)OC1CCCCO1. The summed E-state index contributed by atoms with van der Waals surface area (Å²) < 4.78 is 11.1. The molecule has 1 heterocycles. The van der Waals surface area contributed by atoms with Crippen molar-refractivity contribution in [2.75, 3.05) is 6.61 Å². The number of carboxylic acid groups (broad SMARTS) is 1. The Hall–Kier alpha value is -0.870. The lowest BCUT2D eigenvalue weighted by Gasteiger charge is -2.27. The smallest absolute Gasteiger partial charge is 0.305 e. The van der Waals surface area contributed by atoms with Crippen molar-refractivity contribution in [2.24, 2.45) is 0 Å². The third kappa shape index (κ3) is 5.28. The molecule has 2 atom stereocenters. The van der Waals surface area contributed by atoms with Gasteiger partial charge in [-0.2, -0.15) is 0 Å². The lowest BCUT2D eigenvalue weighted by Crippen LogP contribution is -2.29. The minimum Gasteiger partial charge on any atom is -0.481 e. The van der Waals surface area contributed by atoms with Crippen LogP contribution in [0.5, 0.6) is 0 Å². The summed E-state index contributed by atoms with van der Waals surface area (Å²) in [5, 5.41) is 8.77. The second-order valence-corrected chi connectivity index (χ2v) is 4.02. The lowest BCUT2D eigenvalue weighted by molar-refractivity contribution is -0.192. The zero-order chi connectivity index (χ0) is 11.8. The molecule has 1 rings (SSSR count). The van der Waals surface area contributed by atoms with Crippen molar-refractivity contribution in [3.05, 3.63) is 12.7 Å². The van der Waals surface area contributed by atoms with Crippen molar-refractivity contribution >= 4 is 5.97 Å². The van der Waals surface area contributed by atoms with Crippen LogP contribution in [-0.4, -0.2) is 30.1 Å². The highest BCUT2D eigenvalue weighted by Gasteiger charge is 2.21. The second-order valence-electron chi connectivity index (χ2n) is 4.02. The summed E-state index contributed by atoms with van der Waals surface area (Å²) in [5.41, 5.74) is 0. The van der Waals surface area contributed by atoms with Crippen LogP contribution in [0.4, 0.5) is 0 Å². The van der Waals surface area contributed by atoms with Gasteiger partial charge in [-0.05, 0) is 32.1 Å². The van der Waals surface area contributed by atoms with Crippen molar-refractivity contribution in [2.45, 2.75) is 50.9 Å². The average molecular weight is 228 g/mol. The molecule has 0 aromatic rings. The predicted molar refractivity (Wildman–Crippen MR) is 60.1 cm³/mol. The molecule has 0 aromatic carbocycles. The van der Waals surface area contributed by atoms with Crippen LogP contribution in [0.15, 0.2) is 12.7 Å². The number of hydrogen-bond acceptors (Lipinski definition) is 3. The van der Waals surface area contributed by atoms with Crippen molar-refractivity contribution in [1.82, 2.24) is 0 Å². The Morgan fingerprint density at radius 1 is 1.62 bits per heavy atom. The Morgan fingerprint density at radius 2 is 2.44 bits per heavy atom. The third-order valence-corrected chi connectivity index (χ3v) is 2.58. The Labute approximate surface area is 96.2 Å². The monoisotopic (exact) mass is 228 g/mol. The van der Waals surface area contributed by atoms with E-state index in [1.165, 1.54) is 0 Å². The summed E-state index contributed by atoms with van der Waals surface area (Å²) >= 11 is 0. The minimum absolute atomic E-state index is 0.0354. The zero-order valence-electron chi connectivity index (χ0n) is 9.56. The number of allylic oxidation sites excluding steroid dienone is 1. The molecule has 16 heavy (non-hydrogen) atoms. The van der Waals surface area contributed by atoms with E-state index in [9.17, 15) is 4.79 Å². The Bertz CT molecular complexity index is 221. The zero-order valence-corrected chi connectivity index (χ0v) is 9.56. The molecule has 1 aliphatic rings. The third-order valence-electron chi connectivity index (χ3n) is 2.58. The first-order valence-electron chi connectivity index (χ1n) is 5.82. The Morgan fingerprint density at radius 3 is 3.00 bits per heavy atom. The van der Waals surface area contributed by atoms with Gasteiger partial charge >= 0.3 is 5.97 Å². The summed E-state index contributed by atoms with van der Waals surface area (Å²) in [5.74, 6) is -0.829. The normalized spacial score (nSPS) is 22.6. The maximum atomic E-state index is 10.7.